The molecule has 25 heavy (non-hydrogen) atoms. The van der Waals surface area contributed by atoms with E-state index in [1.807, 2.05) is 0 Å². The van der Waals surface area contributed by atoms with Crippen molar-refractivity contribution in [3.8, 4) is 0 Å². The number of benzene rings is 3. The van der Waals surface area contributed by atoms with Gasteiger partial charge < -0.3 is 4.74 Å². The average molecular weight is 322 g/mol. The first-order valence-electron chi connectivity index (χ1n) is 8.69. The molecule has 0 N–H and O–H groups in total. The summed E-state index contributed by atoms with van der Waals surface area (Å²) in [6, 6.07) is 29.7. The smallest absolute Gasteiger partial charge is 0.103 e. The molecule has 2 aliphatic heterocycles. The van der Waals surface area contributed by atoms with Crippen molar-refractivity contribution in [3.63, 3.8) is 0 Å². The lowest BCUT2D eigenvalue weighted by Crippen LogP contribution is -1.97. The molecule has 2 unspecified atom stereocenters. The summed E-state index contributed by atoms with van der Waals surface area (Å²) >= 11 is 0. The van der Waals surface area contributed by atoms with Crippen molar-refractivity contribution < 1.29 is 4.74 Å². The molecule has 5 rings (SSSR count). The Balaban J connectivity index is 1.74. The molecule has 1 nitrogen and oxygen atoms in total. The third kappa shape index (κ3) is 2.45. The van der Waals surface area contributed by atoms with E-state index in [2.05, 4.69) is 97.1 Å². The zero-order valence-electron chi connectivity index (χ0n) is 13.8. The molecule has 0 aliphatic carbocycles. The summed E-state index contributed by atoms with van der Waals surface area (Å²) in [5.74, 6) is 0. The van der Waals surface area contributed by atoms with Crippen molar-refractivity contribution >= 4 is 11.1 Å². The van der Waals surface area contributed by atoms with Crippen molar-refractivity contribution in [3.05, 3.63) is 119 Å². The van der Waals surface area contributed by atoms with Crippen LogP contribution in [0.2, 0.25) is 0 Å². The molecule has 0 fully saturated rings. The van der Waals surface area contributed by atoms with Gasteiger partial charge in [-0.25, -0.2) is 0 Å². The first-order valence-corrected chi connectivity index (χ1v) is 8.69. The van der Waals surface area contributed by atoms with Gasteiger partial charge in [-0.3, -0.25) is 0 Å². The predicted octanol–water partition coefficient (Wildman–Crippen LogP) is 5.98. The maximum absolute atomic E-state index is 6.34. The second-order valence-electron chi connectivity index (χ2n) is 6.50. The maximum Gasteiger partial charge on any atom is 0.103 e. The number of rotatable bonds is 2. The summed E-state index contributed by atoms with van der Waals surface area (Å²) in [6.07, 6.45) is 4.57. The first-order chi connectivity index (χ1) is 12.4. The van der Waals surface area contributed by atoms with E-state index in [0.717, 1.165) is 0 Å². The second kappa shape index (κ2) is 5.87. The molecule has 0 spiro atoms. The Morgan fingerprint density at radius 3 is 1.32 bits per heavy atom. The van der Waals surface area contributed by atoms with Crippen molar-refractivity contribution in [2.24, 2.45) is 0 Å². The Kier molecular flexibility index (Phi) is 3.39. The molecule has 2 atom stereocenters. The molecule has 3 aromatic carbocycles. The van der Waals surface area contributed by atoms with Crippen LogP contribution in [-0.4, -0.2) is 0 Å². The molecule has 0 radical (unpaired) electrons. The standard InChI is InChI=1S/C24H18O/c1-3-9-17(10-4-1)21-15-23-19-13-7-8-14-20(19)24(25-23)16-22(21)18-11-5-2-6-12-18/h1-16,23-24H. The lowest BCUT2D eigenvalue weighted by Gasteiger charge is -2.16. The Bertz CT molecular complexity index is 887. The van der Waals surface area contributed by atoms with Crippen LogP contribution in [0.5, 0.6) is 0 Å². The van der Waals surface area contributed by atoms with Gasteiger partial charge in [-0.2, -0.15) is 0 Å². The lowest BCUT2D eigenvalue weighted by atomic mass is 9.87. The largest absolute Gasteiger partial charge is 0.357 e. The van der Waals surface area contributed by atoms with Gasteiger partial charge in [-0.05, 0) is 45.6 Å². The highest BCUT2D eigenvalue weighted by Gasteiger charge is 2.32. The Morgan fingerprint density at radius 1 is 0.480 bits per heavy atom. The highest BCUT2D eigenvalue weighted by atomic mass is 16.5. The number of hydrogen-bond donors (Lipinski definition) is 0. The van der Waals surface area contributed by atoms with Crippen LogP contribution >= 0.6 is 0 Å². The van der Waals surface area contributed by atoms with Gasteiger partial charge in [0.05, 0.1) is 0 Å². The van der Waals surface area contributed by atoms with Gasteiger partial charge in [0.15, 0.2) is 0 Å². The van der Waals surface area contributed by atoms with Crippen LogP contribution < -0.4 is 0 Å². The second-order valence-corrected chi connectivity index (χ2v) is 6.50. The molecule has 1 heteroatoms. The molecule has 120 valence electrons. The summed E-state index contributed by atoms with van der Waals surface area (Å²) in [4.78, 5) is 0. The van der Waals surface area contributed by atoms with Crippen LogP contribution in [0.4, 0.5) is 0 Å². The average Bonchev–Trinajstić information content (AvgIpc) is 2.90. The molecular weight excluding hydrogens is 304 g/mol. The number of ether oxygens (including phenoxy) is 1. The van der Waals surface area contributed by atoms with E-state index < -0.39 is 0 Å². The molecule has 0 saturated carbocycles. The zero-order valence-corrected chi connectivity index (χ0v) is 13.8. The summed E-state index contributed by atoms with van der Waals surface area (Å²) in [5.41, 5.74) is 7.51. The van der Waals surface area contributed by atoms with Crippen molar-refractivity contribution in [1.29, 1.82) is 0 Å². The van der Waals surface area contributed by atoms with Crippen LogP contribution in [0.25, 0.3) is 11.1 Å². The van der Waals surface area contributed by atoms with E-state index in [1.165, 1.54) is 33.4 Å². The van der Waals surface area contributed by atoms with E-state index in [4.69, 9.17) is 4.74 Å². The van der Waals surface area contributed by atoms with Crippen molar-refractivity contribution in [2.75, 3.05) is 0 Å². The summed E-state index contributed by atoms with van der Waals surface area (Å²) in [6.45, 7) is 0. The third-order valence-electron chi connectivity index (χ3n) is 5.00. The van der Waals surface area contributed by atoms with Gasteiger partial charge in [-0.15, -0.1) is 0 Å². The predicted molar refractivity (Wildman–Crippen MR) is 102 cm³/mol. The number of allylic oxidation sites excluding steroid dienone is 2. The molecule has 0 saturated heterocycles. The van der Waals surface area contributed by atoms with Crippen LogP contribution in [0.1, 0.15) is 34.5 Å². The normalized spacial score (nSPS) is 21.1. The quantitative estimate of drug-likeness (QED) is 0.564. The van der Waals surface area contributed by atoms with E-state index in [0.29, 0.717) is 0 Å². The molecule has 0 amide bonds. The van der Waals surface area contributed by atoms with Crippen LogP contribution in [0.15, 0.2) is 97.1 Å². The molecule has 2 heterocycles. The van der Waals surface area contributed by atoms with Crippen molar-refractivity contribution in [2.45, 2.75) is 12.2 Å². The minimum atomic E-state index is 0.00821. The van der Waals surface area contributed by atoms with Crippen LogP contribution in [0.3, 0.4) is 0 Å². The van der Waals surface area contributed by atoms with E-state index in [-0.39, 0.29) is 12.2 Å². The Morgan fingerprint density at radius 2 is 0.880 bits per heavy atom. The fourth-order valence-electron chi connectivity index (χ4n) is 3.81. The van der Waals surface area contributed by atoms with E-state index in [1.54, 1.807) is 0 Å². The fourth-order valence-corrected chi connectivity index (χ4v) is 3.81. The van der Waals surface area contributed by atoms with Gasteiger partial charge in [0.1, 0.15) is 12.2 Å². The molecular formula is C24H18O. The summed E-state index contributed by atoms with van der Waals surface area (Å²) < 4.78 is 6.34. The molecule has 2 aliphatic rings. The van der Waals surface area contributed by atoms with Gasteiger partial charge in [-0.1, -0.05) is 84.9 Å². The first kappa shape index (κ1) is 14.4. The van der Waals surface area contributed by atoms with Crippen LogP contribution in [-0.2, 0) is 4.74 Å². The summed E-state index contributed by atoms with van der Waals surface area (Å²) in [5, 5.41) is 0. The lowest BCUT2D eigenvalue weighted by molar-refractivity contribution is 0.0691. The van der Waals surface area contributed by atoms with E-state index in [9.17, 15) is 0 Å². The zero-order chi connectivity index (χ0) is 16.6. The van der Waals surface area contributed by atoms with Crippen LogP contribution in [0, 0.1) is 0 Å². The topological polar surface area (TPSA) is 9.23 Å². The monoisotopic (exact) mass is 322 g/mol. The van der Waals surface area contributed by atoms with E-state index >= 15 is 0 Å². The third-order valence-corrected chi connectivity index (χ3v) is 5.00. The summed E-state index contributed by atoms with van der Waals surface area (Å²) in [7, 11) is 0. The molecule has 0 aromatic heterocycles. The minimum Gasteiger partial charge on any atom is -0.357 e. The van der Waals surface area contributed by atoms with Gasteiger partial charge >= 0.3 is 0 Å². The van der Waals surface area contributed by atoms with Crippen molar-refractivity contribution in [1.82, 2.24) is 0 Å². The van der Waals surface area contributed by atoms with Gasteiger partial charge in [0.25, 0.3) is 0 Å². The highest BCUT2D eigenvalue weighted by Crippen LogP contribution is 2.48. The fraction of sp³-hybridized carbons (Fsp3) is 0.0833. The highest BCUT2D eigenvalue weighted by molar-refractivity contribution is 6.05. The van der Waals surface area contributed by atoms with Gasteiger partial charge in [0, 0.05) is 0 Å². The molecule has 3 aromatic rings. The number of fused-ring (bicyclic) bond motifs is 5. The SMILES string of the molecule is C1=C(c2ccccc2)C(c2ccccc2)=CC2OC1c1ccccc12. The minimum absolute atomic E-state index is 0.00821. The Labute approximate surface area is 147 Å². The number of hydrogen-bond acceptors (Lipinski definition) is 1. The van der Waals surface area contributed by atoms with Gasteiger partial charge in [0.2, 0.25) is 0 Å². The molecule has 2 bridgehead atoms. The Hall–Kier alpha value is -2.90. The maximum atomic E-state index is 6.34.